The van der Waals surface area contributed by atoms with Gasteiger partial charge in [-0.2, -0.15) is 0 Å². The molecule has 1 saturated heterocycles. The van der Waals surface area contributed by atoms with Crippen molar-refractivity contribution in [3.63, 3.8) is 0 Å². The first kappa shape index (κ1) is 14.1. The lowest BCUT2D eigenvalue weighted by Gasteiger charge is -2.25. The number of hydrogen-bond acceptors (Lipinski definition) is 3. The number of urea groups is 1. The van der Waals surface area contributed by atoms with E-state index in [4.69, 9.17) is 5.11 Å². The Bertz CT molecular complexity index is 342. The van der Waals surface area contributed by atoms with E-state index in [2.05, 4.69) is 5.32 Å². The molecule has 0 aromatic heterocycles. The summed E-state index contributed by atoms with van der Waals surface area (Å²) in [6.07, 6.45) is 5.33. The molecule has 0 unspecified atom stereocenters. The van der Waals surface area contributed by atoms with Gasteiger partial charge in [-0.1, -0.05) is 19.3 Å². The zero-order chi connectivity index (χ0) is 13.8. The Morgan fingerprint density at radius 1 is 1.21 bits per heavy atom. The van der Waals surface area contributed by atoms with E-state index in [0.29, 0.717) is 12.5 Å². The van der Waals surface area contributed by atoms with Gasteiger partial charge in [0.1, 0.15) is 6.04 Å². The molecule has 2 aliphatic rings. The smallest absolute Gasteiger partial charge is 0.326 e. The summed E-state index contributed by atoms with van der Waals surface area (Å²) in [7, 11) is 0. The van der Waals surface area contributed by atoms with E-state index in [-0.39, 0.29) is 19.0 Å². The molecule has 0 bridgehead atoms. The number of carboxylic acids is 1. The maximum Gasteiger partial charge on any atom is 0.326 e. The number of aliphatic carboxylic acids is 1. The minimum absolute atomic E-state index is 0.105. The predicted octanol–water partition coefficient (Wildman–Crippen LogP) is 0.796. The van der Waals surface area contributed by atoms with Gasteiger partial charge in [-0.3, -0.25) is 0 Å². The van der Waals surface area contributed by atoms with Gasteiger partial charge in [-0.25, -0.2) is 9.59 Å². The van der Waals surface area contributed by atoms with Gasteiger partial charge in [0.2, 0.25) is 0 Å². The second-order valence-electron chi connectivity index (χ2n) is 5.59. The number of rotatable bonds is 3. The molecule has 2 atom stereocenters. The van der Waals surface area contributed by atoms with E-state index in [1.54, 1.807) is 0 Å². The number of likely N-dealkylation sites (tertiary alicyclic amines) is 1. The lowest BCUT2D eigenvalue weighted by molar-refractivity contribution is -0.141. The van der Waals surface area contributed by atoms with Crippen LogP contribution in [0.4, 0.5) is 4.79 Å². The van der Waals surface area contributed by atoms with Gasteiger partial charge >= 0.3 is 12.0 Å². The van der Waals surface area contributed by atoms with Crippen molar-refractivity contribution in [1.82, 2.24) is 10.2 Å². The van der Waals surface area contributed by atoms with E-state index in [1.165, 1.54) is 24.2 Å². The van der Waals surface area contributed by atoms with Crippen LogP contribution in [0, 0.1) is 5.92 Å². The van der Waals surface area contributed by atoms with E-state index in [0.717, 1.165) is 12.8 Å². The molecule has 1 aliphatic heterocycles. The van der Waals surface area contributed by atoms with Crippen molar-refractivity contribution in [3.8, 4) is 0 Å². The lowest BCUT2D eigenvalue weighted by Crippen LogP contribution is -2.47. The van der Waals surface area contributed by atoms with E-state index in [9.17, 15) is 14.7 Å². The molecule has 1 saturated carbocycles. The summed E-state index contributed by atoms with van der Waals surface area (Å²) in [4.78, 5) is 24.3. The minimum atomic E-state index is -1.05. The Hall–Kier alpha value is -1.30. The van der Waals surface area contributed by atoms with Crippen LogP contribution in [0.3, 0.4) is 0 Å². The van der Waals surface area contributed by atoms with Crippen LogP contribution in [0.1, 0.15) is 38.5 Å². The fraction of sp³-hybridized carbons (Fsp3) is 0.846. The first-order valence-corrected chi connectivity index (χ1v) is 7.03. The highest BCUT2D eigenvalue weighted by atomic mass is 16.4. The van der Waals surface area contributed by atoms with Crippen LogP contribution < -0.4 is 5.32 Å². The predicted molar refractivity (Wildman–Crippen MR) is 68.7 cm³/mol. The molecule has 0 radical (unpaired) electrons. The third kappa shape index (κ3) is 3.59. The fourth-order valence-corrected chi connectivity index (χ4v) is 3.00. The molecule has 1 heterocycles. The van der Waals surface area contributed by atoms with Crippen molar-refractivity contribution in [3.05, 3.63) is 0 Å². The van der Waals surface area contributed by atoms with Crippen LogP contribution in [-0.4, -0.2) is 52.3 Å². The number of carbonyl (C=O) groups excluding carboxylic acids is 1. The average molecular weight is 270 g/mol. The first-order valence-electron chi connectivity index (χ1n) is 7.03. The molecule has 2 amide bonds. The van der Waals surface area contributed by atoms with E-state index >= 15 is 0 Å². The summed E-state index contributed by atoms with van der Waals surface area (Å²) in [5.74, 6) is -0.544. The summed E-state index contributed by atoms with van der Waals surface area (Å²) in [6.45, 7) is 0.714. The monoisotopic (exact) mass is 270 g/mol. The molecule has 6 heteroatoms. The van der Waals surface area contributed by atoms with Crippen molar-refractivity contribution >= 4 is 12.0 Å². The quantitative estimate of drug-likeness (QED) is 0.707. The molecule has 2 fully saturated rings. The molecule has 3 N–H and O–H groups in total. The van der Waals surface area contributed by atoms with Gasteiger partial charge in [-0.15, -0.1) is 0 Å². The topological polar surface area (TPSA) is 89.9 Å². The molecular formula is C13H22N2O4. The van der Waals surface area contributed by atoms with Crippen molar-refractivity contribution < 1.29 is 19.8 Å². The largest absolute Gasteiger partial charge is 0.480 e. The number of hydrogen-bond donors (Lipinski definition) is 3. The summed E-state index contributed by atoms with van der Waals surface area (Å²) in [5, 5.41) is 21.3. The Morgan fingerprint density at radius 3 is 2.53 bits per heavy atom. The molecular weight excluding hydrogens is 248 g/mol. The molecule has 0 spiro atoms. The third-order valence-electron chi connectivity index (χ3n) is 4.09. The van der Waals surface area contributed by atoms with Crippen molar-refractivity contribution in [2.75, 3.05) is 13.1 Å². The van der Waals surface area contributed by atoms with Crippen LogP contribution in [0.25, 0.3) is 0 Å². The minimum Gasteiger partial charge on any atom is -0.480 e. The second-order valence-corrected chi connectivity index (χ2v) is 5.59. The average Bonchev–Trinajstić information content (AvgIpc) is 2.79. The fourth-order valence-electron chi connectivity index (χ4n) is 3.00. The van der Waals surface area contributed by atoms with Crippen LogP contribution in [0.15, 0.2) is 0 Å². The van der Waals surface area contributed by atoms with Crippen molar-refractivity contribution in [2.24, 2.45) is 5.92 Å². The SMILES string of the molecule is O=C(O)[C@H]1C[C@@H](O)CN1C(=O)NCC1CCCCC1. The standard InChI is InChI=1S/C13H22N2O4/c16-10-6-11(12(17)18)15(8-10)13(19)14-7-9-4-2-1-3-5-9/h9-11,16H,1-8H2,(H,14,19)(H,17,18)/t10-,11-/m1/s1. The summed E-state index contributed by atoms with van der Waals surface area (Å²) in [5.41, 5.74) is 0. The van der Waals surface area contributed by atoms with Gasteiger partial charge in [-0.05, 0) is 18.8 Å². The highest BCUT2D eigenvalue weighted by Gasteiger charge is 2.38. The molecule has 1 aliphatic carbocycles. The third-order valence-corrected chi connectivity index (χ3v) is 4.09. The van der Waals surface area contributed by atoms with Crippen LogP contribution in [-0.2, 0) is 4.79 Å². The number of carboxylic acid groups (broad SMARTS) is 1. The van der Waals surface area contributed by atoms with Gasteiger partial charge in [0, 0.05) is 19.5 Å². The van der Waals surface area contributed by atoms with Gasteiger partial charge < -0.3 is 20.4 Å². The number of aliphatic hydroxyl groups excluding tert-OH is 1. The normalized spacial score (nSPS) is 28.4. The Balaban J connectivity index is 1.82. The maximum absolute atomic E-state index is 12.0. The van der Waals surface area contributed by atoms with Crippen molar-refractivity contribution in [1.29, 1.82) is 0 Å². The number of carbonyl (C=O) groups is 2. The number of aliphatic hydroxyl groups is 1. The Kier molecular flexibility index (Phi) is 4.63. The zero-order valence-corrected chi connectivity index (χ0v) is 11.0. The van der Waals surface area contributed by atoms with E-state index < -0.39 is 18.1 Å². The molecule has 0 aromatic rings. The molecule has 0 aromatic carbocycles. The zero-order valence-electron chi connectivity index (χ0n) is 11.0. The first-order chi connectivity index (χ1) is 9.08. The summed E-state index contributed by atoms with van der Waals surface area (Å²) in [6, 6.07) is -1.27. The van der Waals surface area contributed by atoms with Crippen LogP contribution in [0.2, 0.25) is 0 Å². The van der Waals surface area contributed by atoms with Gasteiger partial charge in [0.05, 0.1) is 6.10 Å². The lowest BCUT2D eigenvalue weighted by atomic mass is 9.89. The highest BCUT2D eigenvalue weighted by molar-refractivity contribution is 5.83. The molecule has 6 nitrogen and oxygen atoms in total. The van der Waals surface area contributed by atoms with Gasteiger partial charge in [0.15, 0.2) is 0 Å². The molecule has 108 valence electrons. The number of nitrogens with zero attached hydrogens (tertiary/aromatic N) is 1. The highest BCUT2D eigenvalue weighted by Crippen LogP contribution is 2.23. The van der Waals surface area contributed by atoms with Crippen LogP contribution in [0.5, 0.6) is 0 Å². The Morgan fingerprint density at radius 2 is 1.89 bits per heavy atom. The molecule has 19 heavy (non-hydrogen) atoms. The van der Waals surface area contributed by atoms with E-state index in [1.807, 2.05) is 0 Å². The maximum atomic E-state index is 12.0. The molecule has 2 rings (SSSR count). The number of amides is 2. The number of β-amino-alcohol motifs (C(OH)–C–C–N with tert-alkyl or cyclic N) is 1. The number of nitrogens with one attached hydrogen (secondary N) is 1. The second kappa shape index (κ2) is 6.23. The van der Waals surface area contributed by atoms with Crippen LogP contribution >= 0.6 is 0 Å². The summed E-state index contributed by atoms with van der Waals surface area (Å²) < 4.78 is 0. The van der Waals surface area contributed by atoms with Gasteiger partial charge in [0.25, 0.3) is 0 Å². The van der Waals surface area contributed by atoms with Crippen molar-refractivity contribution in [2.45, 2.75) is 50.7 Å². The summed E-state index contributed by atoms with van der Waals surface area (Å²) >= 11 is 0. The Labute approximate surface area is 112 Å².